The van der Waals surface area contributed by atoms with Crippen molar-refractivity contribution < 1.29 is 9.21 Å². The Labute approximate surface area is 127 Å². The molecule has 0 aliphatic rings. The van der Waals surface area contributed by atoms with E-state index in [9.17, 15) is 4.79 Å². The smallest absolute Gasteiger partial charge is 0.234 e. The van der Waals surface area contributed by atoms with Crippen LogP contribution < -0.4 is 5.32 Å². The first kappa shape index (κ1) is 14.9. The van der Waals surface area contributed by atoms with Gasteiger partial charge in [0.2, 0.25) is 5.91 Å². The molecule has 0 radical (unpaired) electrons. The monoisotopic (exact) mass is 335 g/mol. The van der Waals surface area contributed by atoms with E-state index in [0.29, 0.717) is 0 Å². The summed E-state index contributed by atoms with van der Waals surface area (Å²) in [7, 11) is 0. The maximum Gasteiger partial charge on any atom is 0.234 e. The van der Waals surface area contributed by atoms with Gasteiger partial charge in [-0.2, -0.15) is 0 Å². The maximum atomic E-state index is 12.3. The molecule has 0 bridgehead atoms. The van der Waals surface area contributed by atoms with Gasteiger partial charge in [0.15, 0.2) is 0 Å². The van der Waals surface area contributed by atoms with Crippen LogP contribution >= 0.6 is 15.9 Å². The second kappa shape index (κ2) is 6.75. The maximum absolute atomic E-state index is 12.3. The van der Waals surface area contributed by atoms with Gasteiger partial charge in [-0.1, -0.05) is 60.1 Å². The number of carbonyl (C=O) groups is 1. The first-order valence-electron chi connectivity index (χ1n) is 6.62. The van der Waals surface area contributed by atoms with Crippen LogP contribution in [0.1, 0.15) is 31.2 Å². The molecule has 1 N–H and O–H groups in total. The van der Waals surface area contributed by atoms with E-state index in [1.807, 2.05) is 56.3 Å². The second-order valence-electron chi connectivity index (χ2n) is 5.01. The number of hydrogen-bond acceptors (Lipinski definition) is 2. The van der Waals surface area contributed by atoms with Crippen molar-refractivity contribution in [3.05, 3.63) is 60.1 Å². The van der Waals surface area contributed by atoms with E-state index in [4.69, 9.17) is 4.42 Å². The summed E-state index contributed by atoms with van der Waals surface area (Å²) in [5.74, 6) is 0.918. The minimum atomic E-state index is -0.266. The molecule has 1 aromatic carbocycles. The van der Waals surface area contributed by atoms with Crippen LogP contribution in [-0.4, -0.2) is 10.7 Å². The summed E-state index contributed by atoms with van der Waals surface area (Å²) in [4.78, 5) is 12.0. The Morgan fingerprint density at radius 2 is 1.85 bits per heavy atom. The Kier molecular flexibility index (Phi) is 5.01. The molecule has 0 fully saturated rings. The summed E-state index contributed by atoms with van der Waals surface area (Å²) >= 11 is 3.43. The van der Waals surface area contributed by atoms with Gasteiger partial charge >= 0.3 is 0 Å². The molecule has 2 aromatic rings. The van der Waals surface area contributed by atoms with Crippen molar-refractivity contribution in [3.63, 3.8) is 0 Å². The zero-order valence-corrected chi connectivity index (χ0v) is 13.1. The number of benzene rings is 1. The molecule has 0 saturated carbocycles. The van der Waals surface area contributed by atoms with Gasteiger partial charge < -0.3 is 9.73 Å². The molecule has 1 amide bonds. The van der Waals surface area contributed by atoms with Gasteiger partial charge in [0.25, 0.3) is 0 Å². The molecular formula is C16H18BrNO2. The fraction of sp³-hybridized carbons (Fsp3) is 0.312. The molecule has 0 aliphatic carbocycles. The summed E-state index contributed by atoms with van der Waals surface area (Å²) in [6, 6.07) is 13.2. The number of hydrogen-bond donors (Lipinski definition) is 1. The number of rotatable bonds is 5. The van der Waals surface area contributed by atoms with Crippen molar-refractivity contribution in [1.82, 2.24) is 5.32 Å². The molecule has 2 rings (SSSR count). The molecule has 106 valence electrons. The van der Waals surface area contributed by atoms with E-state index < -0.39 is 0 Å². The zero-order valence-electron chi connectivity index (χ0n) is 11.5. The standard InChI is InChI=1S/C16H18BrNO2/c1-11(2)14(17)16(19)18-15(13-9-6-10-20-13)12-7-4-3-5-8-12/h3-11,14-15H,1-2H3,(H,18,19). The summed E-state index contributed by atoms with van der Waals surface area (Å²) in [6.45, 7) is 4.01. The van der Waals surface area contributed by atoms with Crippen molar-refractivity contribution in [2.75, 3.05) is 0 Å². The normalized spacial score (nSPS) is 14.0. The molecule has 1 aromatic heterocycles. The molecule has 2 atom stereocenters. The molecule has 4 heteroatoms. The summed E-state index contributed by atoms with van der Waals surface area (Å²) in [5, 5.41) is 3.04. The van der Waals surface area contributed by atoms with Gasteiger partial charge in [0.1, 0.15) is 11.8 Å². The van der Waals surface area contributed by atoms with Crippen LogP contribution in [-0.2, 0) is 4.79 Å². The number of halogens is 1. The van der Waals surface area contributed by atoms with Crippen LogP contribution in [0.3, 0.4) is 0 Å². The van der Waals surface area contributed by atoms with E-state index in [2.05, 4.69) is 21.2 Å². The lowest BCUT2D eigenvalue weighted by Crippen LogP contribution is -2.37. The topological polar surface area (TPSA) is 42.2 Å². The van der Waals surface area contributed by atoms with E-state index >= 15 is 0 Å². The quantitative estimate of drug-likeness (QED) is 0.842. The van der Waals surface area contributed by atoms with Gasteiger partial charge in [0, 0.05) is 0 Å². The third kappa shape index (κ3) is 3.51. The predicted octanol–water partition coefficient (Wildman–Crippen LogP) is 3.90. The lowest BCUT2D eigenvalue weighted by molar-refractivity contribution is -0.121. The third-order valence-corrected chi connectivity index (χ3v) is 4.56. The highest BCUT2D eigenvalue weighted by Crippen LogP contribution is 2.23. The average Bonchev–Trinajstić information content (AvgIpc) is 2.98. The minimum absolute atomic E-state index is 0.0368. The molecule has 0 saturated heterocycles. The Balaban J connectivity index is 2.23. The van der Waals surface area contributed by atoms with Gasteiger partial charge in [-0.05, 0) is 23.6 Å². The zero-order chi connectivity index (χ0) is 14.5. The molecule has 0 aliphatic heterocycles. The molecule has 1 heterocycles. The van der Waals surface area contributed by atoms with Crippen molar-refractivity contribution in [3.8, 4) is 0 Å². The molecule has 2 unspecified atom stereocenters. The van der Waals surface area contributed by atoms with E-state index in [-0.39, 0.29) is 22.7 Å². The fourth-order valence-electron chi connectivity index (χ4n) is 1.94. The predicted molar refractivity (Wildman–Crippen MR) is 82.7 cm³/mol. The molecular weight excluding hydrogens is 318 g/mol. The second-order valence-corrected chi connectivity index (χ2v) is 6.00. The van der Waals surface area contributed by atoms with Crippen molar-refractivity contribution >= 4 is 21.8 Å². The highest BCUT2D eigenvalue weighted by atomic mass is 79.9. The lowest BCUT2D eigenvalue weighted by Gasteiger charge is -2.20. The Bertz CT molecular complexity index is 537. The highest BCUT2D eigenvalue weighted by molar-refractivity contribution is 9.10. The average molecular weight is 336 g/mol. The van der Waals surface area contributed by atoms with E-state index in [1.54, 1.807) is 6.26 Å². The van der Waals surface area contributed by atoms with Crippen LogP contribution in [0, 0.1) is 5.92 Å². The van der Waals surface area contributed by atoms with Crippen LogP contribution in [0.4, 0.5) is 0 Å². The van der Waals surface area contributed by atoms with Crippen molar-refractivity contribution in [2.45, 2.75) is 24.7 Å². The first-order chi connectivity index (χ1) is 9.59. The SMILES string of the molecule is CC(C)C(Br)C(=O)NC(c1ccccc1)c1ccco1. The third-order valence-electron chi connectivity index (χ3n) is 3.08. The molecule has 3 nitrogen and oxygen atoms in total. The number of furan rings is 1. The van der Waals surface area contributed by atoms with Crippen molar-refractivity contribution in [1.29, 1.82) is 0 Å². The van der Waals surface area contributed by atoms with Crippen LogP contribution in [0.15, 0.2) is 53.1 Å². The largest absolute Gasteiger partial charge is 0.467 e. The summed E-state index contributed by atoms with van der Waals surface area (Å²) < 4.78 is 5.46. The van der Waals surface area contributed by atoms with Crippen LogP contribution in [0.2, 0.25) is 0 Å². The number of alkyl halides is 1. The Morgan fingerprint density at radius 1 is 1.15 bits per heavy atom. The van der Waals surface area contributed by atoms with Gasteiger partial charge in [0.05, 0.1) is 11.1 Å². The summed E-state index contributed by atoms with van der Waals surface area (Å²) in [5.41, 5.74) is 0.999. The van der Waals surface area contributed by atoms with E-state index in [1.165, 1.54) is 0 Å². The van der Waals surface area contributed by atoms with Crippen molar-refractivity contribution in [2.24, 2.45) is 5.92 Å². The number of carbonyl (C=O) groups excluding carboxylic acids is 1. The van der Waals surface area contributed by atoms with Crippen LogP contribution in [0.5, 0.6) is 0 Å². The molecule has 20 heavy (non-hydrogen) atoms. The lowest BCUT2D eigenvalue weighted by atomic mass is 10.0. The highest BCUT2D eigenvalue weighted by Gasteiger charge is 2.24. The number of nitrogens with one attached hydrogen (secondary N) is 1. The fourth-order valence-corrected chi connectivity index (χ4v) is 2.08. The van der Waals surface area contributed by atoms with Crippen LogP contribution in [0.25, 0.3) is 0 Å². The minimum Gasteiger partial charge on any atom is -0.467 e. The Hall–Kier alpha value is -1.55. The van der Waals surface area contributed by atoms with Gasteiger partial charge in [-0.15, -0.1) is 0 Å². The van der Waals surface area contributed by atoms with E-state index in [0.717, 1.165) is 11.3 Å². The molecule has 0 spiro atoms. The van der Waals surface area contributed by atoms with Gasteiger partial charge in [-0.3, -0.25) is 4.79 Å². The summed E-state index contributed by atoms with van der Waals surface area (Å²) in [6.07, 6.45) is 1.62. The number of amides is 1. The van der Waals surface area contributed by atoms with Gasteiger partial charge in [-0.25, -0.2) is 0 Å². The first-order valence-corrected chi connectivity index (χ1v) is 7.54. The Morgan fingerprint density at radius 3 is 2.40 bits per heavy atom.